The normalized spacial score (nSPS) is 21.7. The van der Waals surface area contributed by atoms with Gasteiger partial charge in [-0.3, -0.25) is 9.59 Å². The number of benzene rings is 2. The second-order valence-corrected chi connectivity index (χ2v) is 7.57. The highest BCUT2D eigenvalue weighted by atomic mass is 35.5. The number of halogens is 1. The van der Waals surface area contributed by atoms with Crippen LogP contribution in [0.5, 0.6) is 0 Å². The van der Waals surface area contributed by atoms with Gasteiger partial charge in [0.05, 0.1) is 5.41 Å². The summed E-state index contributed by atoms with van der Waals surface area (Å²) in [5.74, 6) is 0.276. The molecule has 4 nitrogen and oxygen atoms in total. The Morgan fingerprint density at radius 1 is 1.08 bits per heavy atom. The van der Waals surface area contributed by atoms with Crippen LogP contribution in [0, 0.1) is 5.41 Å². The van der Waals surface area contributed by atoms with Gasteiger partial charge >= 0.3 is 0 Å². The smallest absolute Gasteiger partial charge is 0.253 e. The lowest BCUT2D eigenvalue weighted by atomic mass is 9.68. The van der Waals surface area contributed by atoms with E-state index in [1.54, 1.807) is 24.3 Å². The summed E-state index contributed by atoms with van der Waals surface area (Å²) in [6.07, 6.45) is 1.37. The van der Waals surface area contributed by atoms with E-state index in [0.29, 0.717) is 43.1 Å². The molecule has 26 heavy (non-hydrogen) atoms. The Morgan fingerprint density at radius 2 is 1.81 bits per heavy atom. The molecule has 2 saturated heterocycles. The maximum absolute atomic E-state index is 12.8. The van der Waals surface area contributed by atoms with Gasteiger partial charge in [-0.1, -0.05) is 48.0 Å². The molecule has 2 aromatic carbocycles. The van der Waals surface area contributed by atoms with E-state index >= 15 is 0 Å². The molecule has 1 unspecified atom stereocenters. The predicted molar refractivity (Wildman–Crippen MR) is 101 cm³/mol. The number of rotatable bonds is 2. The lowest BCUT2D eigenvalue weighted by Crippen LogP contribution is -2.47. The van der Waals surface area contributed by atoms with Gasteiger partial charge in [0, 0.05) is 36.1 Å². The van der Waals surface area contributed by atoms with E-state index in [9.17, 15) is 9.59 Å². The van der Waals surface area contributed by atoms with E-state index in [-0.39, 0.29) is 17.7 Å². The zero-order valence-electron chi connectivity index (χ0n) is 14.5. The quantitative estimate of drug-likeness (QED) is 0.882. The molecule has 1 atom stereocenters. The standard InChI is InChI=1S/C21H21ClN2O2/c22-17-8-4-7-16(13-17)19(25)24-11-9-21(10-12-24)18(14-23-20(21)26)15-5-2-1-3-6-15/h1-8,13,18H,9-12,14H2,(H,23,26). The van der Waals surface area contributed by atoms with E-state index in [4.69, 9.17) is 11.6 Å². The van der Waals surface area contributed by atoms with E-state index < -0.39 is 5.41 Å². The Labute approximate surface area is 158 Å². The summed E-state index contributed by atoms with van der Waals surface area (Å²) in [5, 5.41) is 3.61. The van der Waals surface area contributed by atoms with E-state index in [0.717, 1.165) is 0 Å². The third-order valence-corrected chi connectivity index (χ3v) is 6.04. The van der Waals surface area contributed by atoms with Crippen LogP contribution in [0.15, 0.2) is 54.6 Å². The van der Waals surface area contributed by atoms with Crippen molar-refractivity contribution in [3.8, 4) is 0 Å². The van der Waals surface area contributed by atoms with Crippen molar-refractivity contribution in [1.82, 2.24) is 10.2 Å². The minimum absolute atomic E-state index is 0.0167. The summed E-state index contributed by atoms with van der Waals surface area (Å²) in [6, 6.07) is 17.2. The molecule has 2 heterocycles. The van der Waals surface area contributed by atoms with Crippen LogP contribution < -0.4 is 5.32 Å². The Kier molecular flexibility index (Phi) is 4.45. The number of nitrogens with one attached hydrogen (secondary N) is 1. The van der Waals surface area contributed by atoms with Gasteiger partial charge < -0.3 is 10.2 Å². The van der Waals surface area contributed by atoms with Gasteiger partial charge in [0.15, 0.2) is 0 Å². The fraction of sp³-hybridized carbons (Fsp3) is 0.333. The molecule has 2 aliphatic rings. The van der Waals surface area contributed by atoms with Gasteiger partial charge in [-0.15, -0.1) is 0 Å². The zero-order chi connectivity index (χ0) is 18.1. The molecule has 2 aliphatic heterocycles. The van der Waals surface area contributed by atoms with Crippen molar-refractivity contribution in [3.63, 3.8) is 0 Å². The largest absolute Gasteiger partial charge is 0.355 e. The predicted octanol–water partition coefficient (Wildman–Crippen LogP) is 3.48. The summed E-state index contributed by atoms with van der Waals surface area (Å²) in [7, 11) is 0. The fourth-order valence-corrected chi connectivity index (χ4v) is 4.53. The van der Waals surface area contributed by atoms with E-state index in [1.165, 1.54) is 5.56 Å². The highest BCUT2D eigenvalue weighted by molar-refractivity contribution is 6.30. The molecule has 2 amide bonds. The average molecular weight is 369 g/mol. The van der Waals surface area contributed by atoms with Crippen LogP contribution in [0.4, 0.5) is 0 Å². The van der Waals surface area contributed by atoms with Gasteiger partial charge in [0.25, 0.3) is 5.91 Å². The maximum atomic E-state index is 12.8. The molecule has 0 radical (unpaired) electrons. The van der Waals surface area contributed by atoms with Crippen LogP contribution in [0.1, 0.15) is 34.7 Å². The highest BCUT2D eigenvalue weighted by Crippen LogP contribution is 2.47. The lowest BCUT2D eigenvalue weighted by molar-refractivity contribution is -0.130. The molecule has 5 heteroatoms. The lowest BCUT2D eigenvalue weighted by Gasteiger charge is -2.41. The number of piperidine rings is 1. The molecule has 2 fully saturated rings. The average Bonchev–Trinajstić information content (AvgIpc) is 2.98. The topological polar surface area (TPSA) is 49.4 Å². The molecule has 1 spiro atoms. The number of carbonyl (C=O) groups is 2. The van der Waals surface area contributed by atoms with Crippen LogP contribution in [-0.4, -0.2) is 36.3 Å². The van der Waals surface area contributed by atoms with Gasteiger partial charge in [-0.05, 0) is 36.6 Å². The summed E-state index contributed by atoms with van der Waals surface area (Å²) in [6.45, 7) is 1.84. The molecular formula is C21H21ClN2O2. The summed E-state index contributed by atoms with van der Waals surface area (Å²) >= 11 is 6.01. The van der Waals surface area contributed by atoms with Crippen molar-refractivity contribution in [3.05, 3.63) is 70.7 Å². The van der Waals surface area contributed by atoms with Crippen molar-refractivity contribution >= 4 is 23.4 Å². The first-order valence-corrected chi connectivity index (χ1v) is 9.36. The number of hydrogen-bond donors (Lipinski definition) is 1. The van der Waals surface area contributed by atoms with Crippen LogP contribution in [0.2, 0.25) is 5.02 Å². The molecule has 2 aromatic rings. The van der Waals surface area contributed by atoms with Crippen molar-refractivity contribution in [2.24, 2.45) is 5.41 Å². The SMILES string of the molecule is O=C(c1cccc(Cl)c1)N1CCC2(CC1)C(=O)NCC2c1ccccc1. The van der Waals surface area contributed by atoms with Gasteiger partial charge in [-0.2, -0.15) is 0 Å². The minimum Gasteiger partial charge on any atom is -0.355 e. The Hall–Kier alpha value is -2.33. The van der Waals surface area contributed by atoms with E-state index in [2.05, 4.69) is 17.4 Å². The van der Waals surface area contributed by atoms with Crippen LogP contribution >= 0.6 is 11.6 Å². The third kappa shape index (κ3) is 2.88. The van der Waals surface area contributed by atoms with Crippen LogP contribution in [0.25, 0.3) is 0 Å². The monoisotopic (exact) mass is 368 g/mol. The van der Waals surface area contributed by atoms with Gasteiger partial charge in [0.1, 0.15) is 0 Å². The number of carbonyl (C=O) groups excluding carboxylic acids is 2. The molecule has 0 saturated carbocycles. The number of likely N-dealkylation sites (tertiary alicyclic amines) is 1. The minimum atomic E-state index is -0.410. The Bertz CT molecular complexity index is 829. The van der Waals surface area contributed by atoms with Crippen molar-refractivity contribution in [2.45, 2.75) is 18.8 Å². The molecule has 1 N–H and O–H groups in total. The van der Waals surface area contributed by atoms with E-state index in [1.807, 2.05) is 23.1 Å². The number of hydrogen-bond acceptors (Lipinski definition) is 2. The van der Waals surface area contributed by atoms with Gasteiger partial charge in [0.2, 0.25) is 5.91 Å². The summed E-state index contributed by atoms with van der Waals surface area (Å²) in [4.78, 5) is 27.3. The van der Waals surface area contributed by atoms with Crippen molar-refractivity contribution in [1.29, 1.82) is 0 Å². The molecule has 4 rings (SSSR count). The molecule has 0 bridgehead atoms. The summed E-state index contributed by atoms with van der Waals surface area (Å²) < 4.78 is 0. The molecule has 0 aliphatic carbocycles. The van der Waals surface area contributed by atoms with Crippen LogP contribution in [-0.2, 0) is 4.79 Å². The zero-order valence-corrected chi connectivity index (χ0v) is 15.2. The first-order valence-electron chi connectivity index (χ1n) is 8.98. The number of amides is 2. The Morgan fingerprint density at radius 3 is 2.50 bits per heavy atom. The first kappa shape index (κ1) is 17.1. The second-order valence-electron chi connectivity index (χ2n) is 7.13. The van der Waals surface area contributed by atoms with Crippen LogP contribution in [0.3, 0.4) is 0 Å². The number of nitrogens with zero attached hydrogens (tertiary/aromatic N) is 1. The first-order chi connectivity index (χ1) is 12.6. The fourth-order valence-electron chi connectivity index (χ4n) is 4.34. The Balaban J connectivity index is 1.53. The van der Waals surface area contributed by atoms with Crippen molar-refractivity contribution in [2.75, 3.05) is 19.6 Å². The highest BCUT2D eigenvalue weighted by Gasteiger charge is 2.52. The summed E-state index contributed by atoms with van der Waals surface area (Å²) in [5.41, 5.74) is 1.39. The van der Waals surface area contributed by atoms with Gasteiger partial charge in [-0.25, -0.2) is 0 Å². The third-order valence-electron chi connectivity index (χ3n) is 5.80. The van der Waals surface area contributed by atoms with Crippen molar-refractivity contribution < 1.29 is 9.59 Å². The molecule has 134 valence electrons. The molecular weight excluding hydrogens is 348 g/mol. The maximum Gasteiger partial charge on any atom is 0.253 e. The second kappa shape index (κ2) is 6.76. The molecule has 0 aromatic heterocycles.